The van der Waals surface area contributed by atoms with Gasteiger partial charge in [0.05, 0.1) is 6.10 Å². The zero-order valence-electron chi connectivity index (χ0n) is 20.9. The molecule has 0 saturated carbocycles. The van der Waals surface area contributed by atoms with Crippen LogP contribution in [0.15, 0.2) is 0 Å². The highest BCUT2D eigenvalue weighted by molar-refractivity contribution is 5.69. The molecule has 1 heterocycles. The van der Waals surface area contributed by atoms with Gasteiger partial charge in [-0.1, -0.05) is 92.4 Å². The third kappa shape index (κ3) is 13.5. The van der Waals surface area contributed by atoms with Crippen molar-refractivity contribution in [3.05, 3.63) is 0 Å². The van der Waals surface area contributed by atoms with Crippen molar-refractivity contribution in [1.29, 1.82) is 0 Å². The molecule has 1 rings (SSSR count). The van der Waals surface area contributed by atoms with E-state index in [1.54, 1.807) is 0 Å². The van der Waals surface area contributed by atoms with Crippen LogP contribution in [0.5, 0.6) is 0 Å². The molecule has 1 saturated heterocycles. The molecular formula is C26H50O5. The monoisotopic (exact) mass is 442 g/mol. The second-order valence-corrected chi connectivity index (χ2v) is 10.6. The number of hydrogen-bond donors (Lipinski definition) is 2. The Balaban J connectivity index is 2.04. The zero-order valence-corrected chi connectivity index (χ0v) is 20.9. The predicted molar refractivity (Wildman–Crippen MR) is 126 cm³/mol. The number of esters is 1. The van der Waals surface area contributed by atoms with Gasteiger partial charge in [0.1, 0.15) is 18.8 Å². The van der Waals surface area contributed by atoms with Crippen LogP contribution in [0.2, 0.25) is 0 Å². The summed E-state index contributed by atoms with van der Waals surface area (Å²) in [6.45, 7) is 11.8. The fraction of sp³-hybridized carbons (Fsp3) is 0.962. The van der Waals surface area contributed by atoms with Gasteiger partial charge in [-0.2, -0.15) is 0 Å². The van der Waals surface area contributed by atoms with Gasteiger partial charge >= 0.3 is 5.97 Å². The highest BCUT2D eigenvalue weighted by Gasteiger charge is 2.33. The van der Waals surface area contributed by atoms with E-state index in [9.17, 15) is 15.0 Å². The Morgan fingerprint density at radius 3 is 1.90 bits per heavy atom. The van der Waals surface area contributed by atoms with Crippen molar-refractivity contribution in [1.82, 2.24) is 0 Å². The van der Waals surface area contributed by atoms with Gasteiger partial charge in [-0.3, -0.25) is 4.79 Å². The van der Waals surface area contributed by atoms with Crippen LogP contribution in [0.25, 0.3) is 0 Å². The van der Waals surface area contributed by atoms with E-state index in [4.69, 9.17) is 9.47 Å². The number of rotatable bonds is 17. The summed E-state index contributed by atoms with van der Waals surface area (Å²) in [6.07, 6.45) is 10.1. The first-order chi connectivity index (χ1) is 14.7. The Morgan fingerprint density at radius 1 is 0.903 bits per heavy atom. The zero-order chi connectivity index (χ0) is 23.2. The van der Waals surface area contributed by atoms with E-state index >= 15 is 0 Å². The molecule has 0 amide bonds. The average molecular weight is 443 g/mol. The fourth-order valence-corrected chi connectivity index (χ4v) is 4.48. The first-order valence-corrected chi connectivity index (χ1v) is 12.8. The van der Waals surface area contributed by atoms with Crippen molar-refractivity contribution in [3.8, 4) is 0 Å². The topological polar surface area (TPSA) is 76.0 Å². The summed E-state index contributed by atoms with van der Waals surface area (Å²) in [6, 6.07) is 0. The molecule has 0 aliphatic carbocycles. The molecule has 0 radical (unpaired) electrons. The highest BCUT2D eigenvalue weighted by Crippen LogP contribution is 2.23. The molecule has 0 aromatic carbocycles. The Morgan fingerprint density at radius 2 is 1.42 bits per heavy atom. The van der Waals surface area contributed by atoms with Crippen LogP contribution >= 0.6 is 0 Å². The highest BCUT2D eigenvalue weighted by atomic mass is 16.6. The van der Waals surface area contributed by atoms with Gasteiger partial charge in [0.2, 0.25) is 0 Å². The van der Waals surface area contributed by atoms with E-state index in [1.165, 1.54) is 44.9 Å². The van der Waals surface area contributed by atoms with Crippen LogP contribution in [0, 0.1) is 23.7 Å². The minimum Gasteiger partial charge on any atom is -0.463 e. The molecule has 5 heteroatoms. The number of carbonyl (C=O) groups excluding carboxylic acids is 1. The maximum Gasteiger partial charge on any atom is 0.306 e. The standard InChI is InChI=1S/C26H50O5/c1-19(2)9-6-10-20(3)11-7-12-21(4)13-8-14-22(5)17-25(29)31-18-24(28)26-23(27)15-16-30-26/h19-24,26-28H,6-18H2,1-5H3. The Kier molecular flexibility index (Phi) is 14.7. The lowest BCUT2D eigenvalue weighted by molar-refractivity contribution is -0.151. The van der Waals surface area contributed by atoms with Crippen molar-refractivity contribution in [3.63, 3.8) is 0 Å². The lowest BCUT2D eigenvalue weighted by atomic mass is 9.91. The van der Waals surface area contributed by atoms with E-state index in [0.29, 0.717) is 19.4 Å². The van der Waals surface area contributed by atoms with Crippen molar-refractivity contribution in [2.24, 2.45) is 23.7 Å². The van der Waals surface area contributed by atoms with Crippen molar-refractivity contribution < 1.29 is 24.5 Å². The number of carbonyl (C=O) groups is 1. The first kappa shape index (κ1) is 28.4. The second-order valence-electron chi connectivity index (χ2n) is 10.6. The van der Waals surface area contributed by atoms with E-state index in [0.717, 1.165) is 30.6 Å². The number of ether oxygens (including phenoxy) is 2. The maximum atomic E-state index is 12.0. The molecule has 1 aliphatic heterocycles. The Hall–Kier alpha value is -0.650. The number of aliphatic hydroxyl groups is 2. The quantitative estimate of drug-likeness (QED) is 0.291. The Labute approximate surface area is 191 Å². The summed E-state index contributed by atoms with van der Waals surface area (Å²) in [5.74, 6) is 2.42. The van der Waals surface area contributed by atoms with Crippen molar-refractivity contribution in [2.75, 3.05) is 13.2 Å². The molecule has 184 valence electrons. The fourth-order valence-electron chi connectivity index (χ4n) is 4.48. The largest absolute Gasteiger partial charge is 0.463 e. The average Bonchev–Trinajstić information content (AvgIpc) is 3.11. The molecule has 0 aromatic heterocycles. The lowest BCUT2D eigenvalue weighted by Crippen LogP contribution is -2.38. The summed E-state index contributed by atoms with van der Waals surface area (Å²) < 4.78 is 10.5. The molecule has 31 heavy (non-hydrogen) atoms. The lowest BCUT2D eigenvalue weighted by Gasteiger charge is -2.20. The van der Waals surface area contributed by atoms with Gasteiger partial charge in [-0.05, 0) is 30.1 Å². The summed E-state index contributed by atoms with van der Waals surface area (Å²) in [5, 5.41) is 19.7. The summed E-state index contributed by atoms with van der Waals surface area (Å²) >= 11 is 0. The molecule has 0 bridgehead atoms. The molecule has 0 spiro atoms. The van der Waals surface area contributed by atoms with E-state index in [-0.39, 0.29) is 18.5 Å². The SMILES string of the molecule is CC(C)CCCC(C)CCCC(C)CCCC(C)CC(=O)OCC(O)C1OCCC1O. The molecular weight excluding hydrogens is 392 g/mol. The smallest absolute Gasteiger partial charge is 0.306 e. The van der Waals surface area contributed by atoms with Crippen molar-refractivity contribution >= 4 is 5.97 Å². The number of aliphatic hydroxyl groups excluding tert-OH is 2. The summed E-state index contributed by atoms with van der Waals surface area (Å²) in [4.78, 5) is 12.0. The van der Waals surface area contributed by atoms with Gasteiger partial charge < -0.3 is 19.7 Å². The predicted octanol–water partition coefficient (Wildman–Crippen LogP) is 5.51. The van der Waals surface area contributed by atoms with Gasteiger partial charge in [0.15, 0.2) is 0 Å². The second kappa shape index (κ2) is 16.0. The molecule has 0 aromatic rings. The van der Waals surface area contributed by atoms with Crippen LogP contribution in [0.1, 0.15) is 105 Å². The van der Waals surface area contributed by atoms with Crippen LogP contribution in [0.4, 0.5) is 0 Å². The van der Waals surface area contributed by atoms with Gasteiger partial charge in [0.25, 0.3) is 0 Å². The molecule has 1 fully saturated rings. The normalized spacial score (nSPS) is 23.0. The van der Waals surface area contributed by atoms with E-state index in [1.807, 2.05) is 0 Å². The third-order valence-electron chi connectivity index (χ3n) is 6.68. The van der Waals surface area contributed by atoms with Gasteiger partial charge in [-0.15, -0.1) is 0 Å². The Bertz CT molecular complexity index is 467. The molecule has 5 nitrogen and oxygen atoms in total. The molecule has 6 atom stereocenters. The van der Waals surface area contributed by atoms with Gasteiger partial charge in [-0.25, -0.2) is 0 Å². The van der Waals surface area contributed by atoms with E-state index < -0.39 is 18.3 Å². The summed E-state index contributed by atoms with van der Waals surface area (Å²) in [7, 11) is 0. The summed E-state index contributed by atoms with van der Waals surface area (Å²) in [5.41, 5.74) is 0. The first-order valence-electron chi connectivity index (χ1n) is 12.8. The van der Waals surface area contributed by atoms with Crippen LogP contribution < -0.4 is 0 Å². The minimum absolute atomic E-state index is 0.111. The number of hydrogen-bond acceptors (Lipinski definition) is 5. The molecule has 2 N–H and O–H groups in total. The van der Waals surface area contributed by atoms with E-state index in [2.05, 4.69) is 34.6 Å². The van der Waals surface area contributed by atoms with Crippen LogP contribution in [-0.4, -0.2) is 47.7 Å². The molecule has 6 unspecified atom stereocenters. The third-order valence-corrected chi connectivity index (χ3v) is 6.68. The van der Waals surface area contributed by atoms with Crippen LogP contribution in [0.3, 0.4) is 0 Å². The molecule has 1 aliphatic rings. The van der Waals surface area contributed by atoms with Crippen LogP contribution in [-0.2, 0) is 14.3 Å². The van der Waals surface area contributed by atoms with Gasteiger partial charge in [0, 0.05) is 13.0 Å². The van der Waals surface area contributed by atoms with Crippen molar-refractivity contribution in [2.45, 2.75) is 124 Å². The maximum absolute atomic E-state index is 12.0. The minimum atomic E-state index is -0.962.